The van der Waals surface area contributed by atoms with E-state index in [1.807, 2.05) is 13.8 Å². The zero-order valence-electron chi connectivity index (χ0n) is 13.4. The molecule has 0 radical (unpaired) electrons. The first kappa shape index (κ1) is 18.8. The van der Waals surface area contributed by atoms with Crippen LogP contribution in [0.2, 0.25) is 0 Å². The van der Waals surface area contributed by atoms with Crippen LogP contribution < -0.4 is 9.03 Å². The van der Waals surface area contributed by atoms with Gasteiger partial charge in [0.1, 0.15) is 15.3 Å². The largest absolute Gasteiger partial charge is 0.267 e. The summed E-state index contributed by atoms with van der Waals surface area (Å²) >= 11 is 1.04. The topological polar surface area (TPSA) is 109 Å². The molecule has 2 aromatic rings. The molecule has 0 amide bonds. The molecule has 0 aliphatic heterocycles. The van der Waals surface area contributed by atoms with Crippen LogP contribution in [0.25, 0.3) is 0 Å². The van der Waals surface area contributed by atoms with Gasteiger partial charge < -0.3 is 0 Å². The van der Waals surface area contributed by atoms with Crippen LogP contribution >= 0.6 is 11.3 Å². The molecular formula is C13H18N4O4S3. The number of benzene rings is 1. The predicted molar refractivity (Wildman–Crippen MR) is 92.0 cm³/mol. The van der Waals surface area contributed by atoms with E-state index in [1.54, 1.807) is 0 Å². The number of rotatable bonds is 7. The maximum Gasteiger partial charge on any atom is 0.267 e. The van der Waals surface area contributed by atoms with Crippen LogP contribution in [-0.2, 0) is 20.0 Å². The minimum absolute atomic E-state index is 0.0904. The van der Waals surface area contributed by atoms with Crippen molar-refractivity contribution in [1.29, 1.82) is 0 Å². The number of anilines is 1. The number of sulfonamides is 2. The fourth-order valence-corrected chi connectivity index (χ4v) is 5.70. The molecule has 1 heterocycles. The van der Waals surface area contributed by atoms with Crippen molar-refractivity contribution in [3.63, 3.8) is 0 Å². The molecule has 1 aromatic carbocycles. The van der Waals surface area contributed by atoms with Crippen LogP contribution in [0.5, 0.6) is 0 Å². The van der Waals surface area contributed by atoms with Crippen molar-refractivity contribution in [2.24, 2.45) is 5.92 Å². The highest BCUT2D eigenvalue weighted by Gasteiger charge is 2.30. The SMILES string of the molecule is CC(C)CNS(=O)(=O)c1ccccc1S(=O)(=O)N(C)c1nncs1. The number of hydrogen-bond donors (Lipinski definition) is 1. The van der Waals surface area contributed by atoms with Gasteiger partial charge >= 0.3 is 0 Å². The van der Waals surface area contributed by atoms with E-state index < -0.39 is 20.0 Å². The Morgan fingerprint density at radius 2 is 1.79 bits per heavy atom. The van der Waals surface area contributed by atoms with E-state index in [-0.39, 0.29) is 27.4 Å². The Morgan fingerprint density at radius 1 is 1.17 bits per heavy atom. The molecule has 24 heavy (non-hydrogen) atoms. The minimum Gasteiger partial charge on any atom is -0.243 e. The van der Waals surface area contributed by atoms with Crippen molar-refractivity contribution in [2.45, 2.75) is 23.6 Å². The first-order chi connectivity index (χ1) is 11.2. The third-order valence-corrected chi connectivity index (χ3v) is 7.37. The van der Waals surface area contributed by atoms with Gasteiger partial charge in [-0.25, -0.2) is 25.9 Å². The Bertz CT molecular complexity index is 893. The Hall–Kier alpha value is -1.56. The molecule has 1 aromatic heterocycles. The van der Waals surface area contributed by atoms with Gasteiger partial charge in [0.15, 0.2) is 0 Å². The van der Waals surface area contributed by atoms with Gasteiger partial charge in [0.2, 0.25) is 15.2 Å². The second-order valence-electron chi connectivity index (χ2n) is 5.39. The van der Waals surface area contributed by atoms with Gasteiger partial charge in [-0.3, -0.25) is 0 Å². The second kappa shape index (κ2) is 7.13. The van der Waals surface area contributed by atoms with Crippen LogP contribution in [0.4, 0.5) is 5.13 Å². The van der Waals surface area contributed by atoms with Crippen LogP contribution in [0, 0.1) is 5.92 Å². The lowest BCUT2D eigenvalue weighted by molar-refractivity contribution is 0.555. The Kier molecular flexibility index (Phi) is 5.58. The quantitative estimate of drug-likeness (QED) is 0.763. The van der Waals surface area contributed by atoms with E-state index in [9.17, 15) is 16.8 Å². The van der Waals surface area contributed by atoms with Gasteiger partial charge in [0.05, 0.1) is 0 Å². The van der Waals surface area contributed by atoms with E-state index in [1.165, 1.54) is 36.8 Å². The van der Waals surface area contributed by atoms with Gasteiger partial charge in [-0.1, -0.05) is 37.3 Å². The van der Waals surface area contributed by atoms with Crippen LogP contribution in [-0.4, -0.2) is 40.6 Å². The summed E-state index contributed by atoms with van der Waals surface area (Å²) in [5.74, 6) is 0.0904. The van der Waals surface area contributed by atoms with Gasteiger partial charge in [0.25, 0.3) is 10.0 Å². The van der Waals surface area contributed by atoms with E-state index in [4.69, 9.17) is 0 Å². The zero-order valence-corrected chi connectivity index (χ0v) is 15.8. The number of aromatic nitrogens is 2. The normalized spacial score (nSPS) is 12.5. The fourth-order valence-electron chi connectivity index (χ4n) is 1.79. The molecule has 0 fully saturated rings. The first-order valence-electron chi connectivity index (χ1n) is 7.00. The molecule has 0 saturated carbocycles. The van der Waals surface area contributed by atoms with Crippen molar-refractivity contribution in [2.75, 3.05) is 17.9 Å². The minimum atomic E-state index is -4.09. The summed E-state index contributed by atoms with van der Waals surface area (Å²) < 4.78 is 53.9. The molecule has 0 saturated heterocycles. The number of nitrogens with zero attached hydrogens (tertiary/aromatic N) is 3. The molecule has 0 aliphatic rings. The molecule has 0 unspecified atom stereocenters. The standard InChI is InChI=1S/C13H18N4O4S3/c1-10(2)8-15-23(18,19)11-6-4-5-7-12(11)24(20,21)17(3)13-16-14-9-22-13/h4-7,9-10,15H,8H2,1-3H3. The smallest absolute Gasteiger partial charge is 0.243 e. The van der Waals surface area contributed by atoms with Gasteiger partial charge in [-0.15, -0.1) is 10.2 Å². The van der Waals surface area contributed by atoms with Gasteiger partial charge in [-0.05, 0) is 18.1 Å². The predicted octanol–water partition coefficient (Wildman–Crippen LogP) is 1.30. The summed E-state index contributed by atoms with van der Waals surface area (Å²) in [7, 11) is -6.75. The van der Waals surface area contributed by atoms with Crippen molar-refractivity contribution in [3.05, 3.63) is 29.8 Å². The summed E-state index contributed by atoms with van der Waals surface area (Å²) in [4.78, 5) is -0.596. The average Bonchev–Trinajstić information content (AvgIpc) is 3.06. The van der Waals surface area contributed by atoms with Crippen molar-refractivity contribution in [3.8, 4) is 0 Å². The third-order valence-electron chi connectivity index (χ3n) is 3.08. The van der Waals surface area contributed by atoms with Crippen molar-refractivity contribution in [1.82, 2.24) is 14.9 Å². The summed E-state index contributed by atoms with van der Waals surface area (Å²) in [6.45, 7) is 3.92. The summed E-state index contributed by atoms with van der Waals surface area (Å²) in [5, 5.41) is 7.46. The maximum absolute atomic E-state index is 12.8. The molecule has 8 nitrogen and oxygen atoms in total. The second-order valence-corrected chi connectivity index (χ2v) is 9.87. The van der Waals surface area contributed by atoms with Crippen molar-refractivity contribution < 1.29 is 16.8 Å². The lowest BCUT2D eigenvalue weighted by Crippen LogP contribution is -2.32. The van der Waals surface area contributed by atoms with Crippen LogP contribution in [0.1, 0.15) is 13.8 Å². The molecule has 132 valence electrons. The summed E-state index contributed by atoms with van der Waals surface area (Å²) in [6, 6.07) is 5.48. The van der Waals surface area contributed by atoms with E-state index >= 15 is 0 Å². The van der Waals surface area contributed by atoms with Crippen molar-refractivity contribution >= 4 is 36.5 Å². The molecule has 0 bridgehead atoms. The molecule has 2 rings (SSSR count). The molecule has 11 heteroatoms. The zero-order chi connectivity index (χ0) is 18.0. The number of nitrogens with one attached hydrogen (secondary N) is 1. The lowest BCUT2D eigenvalue weighted by Gasteiger charge is -2.18. The summed E-state index contributed by atoms with van der Waals surface area (Å²) in [5.41, 5.74) is 1.40. The highest BCUT2D eigenvalue weighted by atomic mass is 32.2. The first-order valence-corrected chi connectivity index (χ1v) is 10.8. The fraction of sp³-hybridized carbons (Fsp3) is 0.385. The molecule has 0 spiro atoms. The highest BCUT2D eigenvalue weighted by molar-refractivity contribution is 7.94. The molecular weight excluding hydrogens is 372 g/mol. The van der Waals surface area contributed by atoms with E-state index in [0.29, 0.717) is 0 Å². The van der Waals surface area contributed by atoms with Crippen LogP contribution in [0.3, 0.4) is 0 Å². The third kappa shape index (κ3) is 3.91. The van der Waals surface area contributed by atoms with Crippen LogP contribution in [0.15, 0.2) is 39.6 Å². The van der Waals surface area contributed by atoms with E-state index in [2.05, 4.69) is 14.9 Å². The monoisotopic (exact) mass is 390 g/mol. The van der Waals surface area contributed by atoms with E-state index in [0.717, 1.165) is 15.6 Å². The summed E-state index contributed by atoms with van der Waals surface area (Å²) in [6.07, 6.45) is 0. The molecule has 0 aliphatic carbocycles. The maximum atomic E-state index is 12.8. The number of hydrogen-bond acceptors (Lipinski definition) is 7. The molecule has 0 atom stereocenters. The van der Waals surface area contributed by atoms with Gasteiger partial charge in [-0.2, -0.15) is 0 Å². The Morgan fingerprint density at radius 3 is 2.33 bits per heavy atom. The average molecular weight is 391 g/mol. The Balaban J connectivity index is 2.49. The molecule has 1 N–H and O–H groups in total. The Labute approximate surface area is 145 Å². The highest BCUT2D eigenvalue weighted by Crippen LogP contribution is 2.27. The van der Waals surface area contributed by atoms with Gasteiger partial charge in [0, 0.05) is 13.6 Å². The lowest BCUT2D eigenvalue weighted by atomic mass is 10.2.